The first kappa shape index (κ1) is 19.1. The number of imidazole rings is 1. The molecule has 0 saturated carbocycles. The highest BCUT2D eigenvalue weighted by molar-refractivity contribution is 7.99. The molecule has 6 nitrogen and oxygen atoms in total. The number of nitrogens with one attached hydrogen (secondary N) is 2. The minimum atomic E-state index is -0.959. The molecule has 1 amide bonds. The van der Waals surface area contributed by atoms with Crippen LogP contribution in [-0.4, -0.2) is 31.4 Å². The topological polar surface area (TPSA) is 75.6 Å². The Labute approximate surface area is 169 Å². The Balaban J connectivity index is 1.46. The van der Waals surface area contributed by atoms with Gasteiger partial charge in [0.25, 0.3) is 0 Å². The second-order valence-electron chi connectivity index (χ2n) is 6.46. The standard InChI is InChI=1S/C20H17F2N5OS/c1-11-19(12(2)27(26-11)13-6-4-3-5-7-13)25-18(28)10-29-20-23-16-8-14(21)15(22)9-17(16)24-20/h3-9H,10H2,1-2H3,(H,23,24)(H,25,28). The van der Waals surface area contributed by atoms with Crippen molar-refractivity contribution in [2.75, 3.05) is 11.1 Å². The number of halogens is 2. The van der Waals surface area contributed by atoms with Crippen molar-refractivity contribution < 1.29 is 13.6 Å². The second kappa shape index (κ2) is 7.67. The molecule has 9 heteroatoms. The number of para-hydroxylation sites is 1. The highest BCUT2D eigenvalue weighted by Crippen LogP contribution is 2.25. The molecule has 2 N–H and O–H groups in total. The summed E-state index contributed by atoms with van der Waals surface area (Å²) in [7, 11) is 0. The molecule has 0 aliphatic carbocycles. The minimum Gasteiger partial charge on any atom is -0.333 e. The Bertz CT molecular complexity index is 1160. The number of hydrogen-bond acceptors (Lipinski definition) is 4. The molecular weight excluding hydrogens is 396 g/mol. The molecule has 0 radical (unpaired) electrons. The van der Waals surface area contributed by atoms with Gasteiger partial charge in [-0.1, -0.05) is 30.0 Å². The van der Waals surface area contributed by atoms with Gasteiger partial charge in [0.15, 0.2) is 16.8 Å². The fraction of sp³-hybridized carbons (Fsp3) is 0.150. The summed E-state index contributed by atoms with van der Waals surface area (Å²) < 4.78 is 28.4. The molecule has 0 atom stereocenters. The SMILES string of the molecule is Cc1nn(-c2ccccc2)c(C)c1NC(=O)CSc1nc2cc(F)c(F)cc2[nH]1. The van der Waals surface area contributed by atoms with Crippen LogP contribution in [0.5, 0.6) is 0 Å². The van der Waals surface area contributed by atoms with Crippen molar-refractivity contribution in [1.82, 2.24) is 19.7 Å². The van der Waals surface area contributed by atoms with Crippen LogP contribution in [0, 0.1) is 25.5 Å². The number of thioether (sulfide) groups is 1. The summed E-state index contributed by atoms with van der Waals surface area (Å²) in [6.07, 6.45) is 0. The van der Waals surface area contributed by atoms with Crippen LogP contribution in [0.2, 0.25) is 0 Å². The number of anilines is 1. The lowest BCUT2D eigenvalue weighted by Crippen LogP contribution is -2.15. The van der Waals surface area contributed by atoms with E-state index in [1.165, 1.54) is 0 Å². The van der Waals surface area contributed by atoms with Crippen LogP contribution in [0.4, 0.5) is 14.5 Å². The van der Waals surface area contributed by atoms with Gasteiger partial charge in [-0.3, -0.25) is 4.79 Å². The molecule has 148 valence electrons. The van der Waals surface area contributed by atoms with Crippen molar-refractivity contribution in [3.63, 3.8) is 0 Å². The molecule has 4 rings (SSSR count). The quantitative estimate of drug-likeness (QED) is 0.476. The molecule has 0 fully saturated rings. The maximum atomic E-state index is 13.3. The Morgan fingerprint density at radius 1 is 1.17 bits per heavy atom. The van der Waals surface area contributed by atoms with Crippen LogP contribution in [0.15, 0.2) is 47.6 Å². The summed E-state index contributed by atoms with van der Waals surface area (Å²) in [6.45, 7) is 3.72. The summed E-state index contributed by atoms with van der Waals surface area (Å²) in [6, 6.07) is 11.7. The fourth-order valence-corrected chi connectivity index (χ4v) is 3.69. The molecule has 2 aromatic carbocycles. The lowest BCUT2D eigenvalue weighted by atomic mass is 10.3. The van der Waals surface area contributed by atoms with Gasteiger partial charge in [-0.25, -0.2) is 18.4 Å². The number of aryl methyl sites for hydroxylation is 1. The third kappa shape index (κ3) is 3.86. The molecule has 0 unspecified atom stereocenters. The van der Waals surface area contributed by atoms with Crippen molar-refractivity contribution in [2.24, 2.45) is 0 Å². The van der Waals surface area contributed by atoms with E-state index in [9.17, 15) is 13.6 Å². The summed E-state index contributed by atoms with van der Waals surface area (Å²) in [5.41, 5.74) is 3.78. The lowest BCUT2D eigenvalue weighted by molar-refractivity contribution is -0.113. The van der Waals surface area contributed by atoms with Crippen LogP contribution in [0.3, 0.4) is 0 Å². The van der Waals surface area contributed by atoms with E-state index in [0.717, 1.165) is 35.3 Å². The number of rotatable bonds is 5. The van der Waals surface area contributed by atoms with Gasteiger partial charge in [-0.15, -0.1) is 0 Å². The lowest BCUT2D eigenvalue weighted by Gasteiger charge is -2.06. The predicted molar refractivity (Wildman–Crippen MR) is 108 cm³/mol. The summed E-state index contributed by atoms with van der Waals surface area (Å²) in [5, 5.41) is 7.80. The van der Waals surface area contributed by atoms with Gasteiger partial charge in [-0.05, 0) is 26.0 Å². The van der Waals surface area contributed by atoms with Crippen LogP contribution in [-0.2, 0) is 4.79 Å². The van der Waals surface area contributed by atoms with Crippen molar-refractivity contribution in [1.29, 1.82) is 0 Å². The van der Waals surface area contributed by atoms with E-state index in [2.05, 4.69) is 20.4 Å². The summed E-state index contributed by atoms with van der Waals surface area (Å²) in [5.74, 6) is -2.05. The molecule has 2 aromatic heterocycles. The van der Waals surface area contributed by atoms with E-state index in [1.54, 1.807) is 4.68 Å². The average Bonchev–Trinajstić information content (AvgIpc) is 3.22. The fourth-order valence-electron chi connectivity index (χ4n) is 3.00. The molecule has 2 heterocycles. The van der Waals surface area contributed by atoms with Crippen molar-refractivity contribution in [3.8, 4) is 5.69 Å². The van der Waals surface area contributed by atoms with Crippen LogP contribution < -0.4 is 5.32 Å². The maximum absolute atomic E-state index is 13.3. The number of hydrogen-bond donors (Lipinski definition) is 2. The maximum Gasteiger partial charge on any atom is 0.234 e. The number of carbonyl (C=O) groups excluding carboxylic acids is 1. The second-order valence-corrected chi connectivity index (χ2v) is 7.42. The van der Waals surface area contributed by atoms with E-state index in [0.29, 0.717) is 27.6 Å². The van der Waals surface area contributed by atoms with E-state index in [1.807, 2.05) is 44.2 Å². The van der Waals surface area contributed by atoms with E-state index in [4.69, 9.17) is 0 Å². The highest BCUT2D eigenvalue weighted by atomic mass is 32.2. The molecule has 0 bridgehead atoms. The Hall–Kier alpha value is -3.20. The zero-order valence-electron chi connectivity index (χ0n) is 15.7. The zero-order chi connectivity index (χ0) is 20.5. The van der Waals surface area contributed by atoms with E-state index < -0.39 is 11.6 Å². The predicted octanol–water partition coefficient (Wildman–Crippen LogP) is 4.37. The third-order valence-electron chi connectivity index (χ3n) is 4.40. The Kier molecular flexibility index (Phi) is 5.06. The highest BCUT2D eigenvalue weighted by Gasteiger charge is 2.16. The molecule has 0 spiro atoms. The smallest absolute Gasteiger partial charge is 0.234 e. The van der Waals surface area contributed by atoms with E-state index in [-0.39, 0.29) is 11.7 Å². The monoisotopic (exact) mass is 413 g/mol. The number of nitrogens with zero attached hydrogens (tertiary/aromatic N) is 3. The number of aromatic nitrogens is 4. The van der Waals surface area contributed by atoms with Crippen LogP contribution in [0.1, 0.15) is 11.4 Å². The van der Waals surface area contributed by atoms with Crippen LogP contribution in [0.25, 0.3) is 16.7 Å². The zero-order valence-corrected chi connectivity index (χ0v) is 16.5. The number of amides is 1. The average molecular weight is 413 g/mol. The van der Waals surface area contributed by atoms with Crippen molar-refractivity contribution >= 4 is 34.4 Å². The first-order valence-corrected chi connectivity index (χ1v) is 9.80. The Morgan fingerprint density at radius 3 is 2.66 bits per heavy atom. The number of benzene rings is 2. The molecule has 0 aliphatic rings. The van der Waals surface area contributed by atoms with Gasteiger partial charge < -0.3 is 10.3 Å². The number of carbonyl (C=O) groups is 1. The van der Waals surface area contributed by atoms with Gasteiger partial charge in [0.05, 0.1) is 39.5 Å². The van der Waals surface area contributed by atoms with Gasteiger partial charge >= 0.3 is 0 Å². The van der Waals surface area contributed by atoms with E-state index >= 15 is 0 Å². The normalized spacial score (nSPS) is 11.2. The van der Waals surface area contributed by atoms with Gasteiger partial charge in [0, 0.05) is 12.1 Å². The molecule has 4 aromatic rings. The van der Waals surface area contributed by atoms with Crippen molar-refractivity contribution in [3.05, 3.63) is 65.5 Å². The van der Waals surface area contributed by atoms with Crippen LogP contribution >= 0.6 is 11.8 Å². The minimum absolute atomic E-state index is 0.0835. The summed E-state index contributed by atoms with van der Waals surface area (Å²) >= 11 is 1.15. The Morgan fingerprint density at radius 2 is 1.90 bits per heavy atom. The molecule has 0 saturated heterocycles. The third-order valence-corrected chi connectivity index (χ3v) is 5.27. The molecule has 0 aliphatic heterocycles. The molecule has 29 heavy (non-hydrogen) atoms. The van der Waals surface area contributed by atoms with Gasteiger partial charge in [0.2, 0.25) is 5.91 Å². The number of aromatic amines is 1. The van der Waals surface area contributed by atoms with Crippen molar-refractivity contribution in [2.45, 2.75) is 19.0 Å². The summed E-state index contributed by atoms with van der Waals surface area (Å²) in [4.78, 5) is 19.5. The number of H-pyrrole nitrogens is 1. The van der Waals surface area contributed by atoms with Gasteiger partial charge in [-0.2, -0.15) is 5.10 Å². The first-order valence-electron chi connectivity index (χ1n) is 8.81. The van der Waals surface area contributed by atoms with Gasteiger partial charge in [0.1, 0.15) is 0 Å². The first-order chi connectivity index (χ1) is 13.9. The largest absolute Gasteiger partial charge is 0.333 e. The molecular formula is C20H17F2N5OS. The number of fused-ring (bicyclic) bond motifs is 1.